The molecule has 5 heteroatoms. The summed E-state index contributed by atoms with van der Waals surface area (Å²) < 4.78 is 12.9. The minimum atomic E-state index is -0.361. The van der Waals surface area contributed by atoms with Gasteiger partial charge < -0.3 is 5.32 Å². The summed E-state index contributed by atoms with van der Waals surface area (Å²) in [6, 6.07) is 6.36. The SMILES string of the molecule is O=C(CCC(=O)c1ccc(F)cc1)NC1CCCN(C2CCCCCC2)C1. The summed E-state index contributed by atoms with van der Waals surface area (Å²) in [7, 11) is 0. The van der Waals surface area contributed by atoms with E-state index in [1.165, 1.54) is 62.8 Å². The molecule has 27 heavy (non-hydrogen) atoms. The van der Waals surface area contributed by atoms with Crippen LogP contribution < -0.4 is 5.32 Å². The van der Waals surface area contributed by atoms with E-state index in [2.05, 4.69) is 10.2 Å². The lowest BCUT2D eigenvalue weighted by Crippen LogP contribution is -2.50. The molecule has 0 bridgehead atoms. The van der Waals surface area contributed by atoms with E-state index >= 15 is 0 Å². The number of carbonyl (C=O) groups is 2. The predicted molar refractivity (Wildman–Crippen MR) is 104 cm³/mol. The Morgan fingerprint density at radius 3 is 2.37 bits per heavy atom. The minimum absolute atomic E-state index is 0.0572. The number of halogens is 1. The number of piperidine rings is 1. The third-order valence-electron chi connectivity index (χ3n) is 5.90. The van der Waals surface area contributed by atoms with Gasteiger partial charge >= 0.3 is 0 Å². The molecular weight excluding hydrogens is 343 g/mol. The van der Waals surface area contributed by atoms with Gasteiger partial charge in [-0.1, -0.05) is 25.7 Å². The van der Waals surface area contributed by atoms with Gasteiger partial charge in [0.1, 0.15) is 5.82 Å². The van der Waals surface area contributed by atoms with E-state index in [-0.39, 0.29) is 36.4 Å². The highest BCUT2D eigenvalue weighted by molar-refractivity contribution is 5.97. The van der Waals surface area contributed by atoms with Crippen molar-refractivity contribution >= 4 is 11.7 Å². The fourth-order valence-electron chi connectivity index (χ4n) is 4.39. The lowest BCUT2D eigenvalue weighted by molar-refractivity contribution is -0.122. The van der Waals surface area contributed by atoms with Crippen molar-refractivity contribution in [2.75, 3.05) is 13.1 Å². The smallest absolute Gasteiger partial charge is 0.220 e. The van der Waals surface area contributed by atoms with E-state index in [1.807, 2.05) is 0 Å². The minimum Gasteiger partial charge on any atom is -0.352 e. The van der Waals surface area contributed by atoms with Crippen molar-refractivity contribution in [2.24, 2.45) is 0 Å². The van der Waals surface area contributed by atoms with Crippen LogP contribution in [-0.2, 0) is 4.79 Å². The lowest BCUT2D eigenvalue weighted by Gasteiger charge is -2.38. The summed E-state index contributed by atoms with van der Waals surface area (Å²) in [5.41, 5.74) is 0.460. The first-order valence-electron chi connectivity index (χ1n) is 10.4. The van der Waals surface area contributed by atoms with Crippen LogP contribution in [0, 0.1) is 5.82 Å². The number of likely N-dealkylation sites (tertiary alicyclic amines) is 1. The van der Waals surface area contributed by atoms with Gasteiger partial charge in [-0.25, -0.2) is 4.39 Å². The number of carbonyl (C=O) groups excluding carboxylic acids is 2. The van der Waals surface area contributed by atoms with Crippen molar-refractivity contribution in [1.82, 2.24) is 10.2 Å². The van der Waals surface area contributed by atoms with Crippen molar-refractivity contribution in [1.29, 1.82) is 0 Å². The van der Waals surface area contributed by atoms with E-state index in [0.717, 1.165) is 25.9 Å². The van der Waals surface area contributed by atoms with Gasteiger partial charge in [0.2, 0.25) is 5.91 Å². The van der Waals surface area contributed by atoms with Crippen LogP contribution in [-0.4, -0.2) is 41.8 Å². The Labute approximate surface area is 161 Å². The summed E-state index contributed by atoms with van der Waals surface area (Å²) in [6.45, 7) is 2.07. The normalized spacial score (nSPS) is 22.2. The summed E-state index contributed by atoms with van der Waals surface area (Å²) in [5, 5.41) is 3.13. The molecule has 1 atom stereocenters. The second kappa shape index (κ2) is 9.98. The quantitative estimate of drug-likeness (QED) is 0.603. The zero-order valence-corrected chi connectivity index (χ0v) is 16.1. The summed E-state index contributed by atoms with van der Waals surface area (Å²) in [6.07, 6.45) is 10.4. The Morgan fingerprint density at radius 2 is 1.67 bits per heavy atom. The van der Waals surface area contributed by atoms with Crippen LogP contribution in [0.2, 0.25) is 0 Å². The highest BCUT2D eigenvalue weighted by atomic mass is 19.1. The molecule has 1 amide bonds. The third-order valence-corrected chi connectivity index (χ3v) is 5.90. The molecule has 1 N–H and O–H groups in total. The second-order valence-electron chi connectivity index (χ2n) is 7.98. The number of amides is 1. The molecule has 0 aromatic heterocycles. The lowest BCUT2D eigenvalue weighted by atomic mass is 9.99. The number of Topliss-reactive ketones (excluding diaryl/α,β-unsaturated/α-hetero) is 1. The van der Waals surface area contributed by atoms with Crippen molar-refractivity contribution in [3.8, 4) is 0 Å². The van der Waals surface area contributed by atoms with E-state index in [0.29, 0.717) is 11.6 Å². The van der Waals surface area contributed by atoms with Crippen LogP contribution in [0.1, 0.15) is 74.6 Å². The largest absolute Gasteiger partial charge is 0.352 e. The molecule has 1 aliphatic carbocycles. The Morgan fingerprint density at radius 1 is 0.963 bits per heavy atom. The number of nitrogens with zero attached hydrogens (tertiary/aromatic N) is 1. The van der Waals surface area contributed by atoms with Crippen LogP contribution in [0.3, 0.4) is 0 Å². The van der Waals surface area contributed by atoms with Gasteiger partial charge in [0.25, 0.3) is 0 Å². The van der Waals surface area contributed by atoms with Crippen molar-refractivity contribution < 1.29 is 14.0 Å². The summed E-state index contributed by atoms with van der Waals surface area (Å²) >= 11 is 0. The maximum atomic E-state index is 12.9. The Bertz CT molecular complexity index is 624. The molecule has 1 aliphatic heterocycles. The van der Waals surface area contributed by atoms with Gasteiger partial charge in [-0.05, 0) is 56.5 Å². The Hall–Kier alpha value is -1.75. The first-order valence-corrected chi connectivity index (χ1v) is 10.4. The number of rotatable bonds is 6. The molecule has 3 rings (SSSR count). The average Bonchev–Trinajstić information content (AvgIpc) is 2.96. The predicted octanol–water partition coefficient (Wildman–Crippen LogP) is 4.09. The zero-order chi connectivity index (χ0) is 19.1. The van der Waals surface area contributed by atoms with E-state index in [9.17, 15) is 14.0 Å². The highest BCUT2D eigenvalue weighted by Crippen LogP contribution is 2.24. The van der Waals surface area contributed by atoms with Crippen molar-refractivity contribution in [2.45, 2.75) is 76.3 Å². The zero-order valence-electron chi connectivity index (χ0n) is 16.1. The maximum Gasteiger partial charge on any atom is 0.220 e. The van der Waals surface area contributed by atoms with Gasteiger partial charge in [0.15, 0.2) is 5.78 Å². The molecule has 1 unspecified atom stereocenters. The number of nitrogens with one attached hydrogen (secondary N) is 1. The molecule has 1 heterocycles. The molecule has 148 valence electrons. The molecule has 1 aromatic carbocycles. The van der Waals surface area contributed by atoms with Crippen LogP contribution in [0.5, 0.6) is 0 Å². The van der Waals surface area contributed by atoms with Gasteiger partial charge in [0.05, 0.1) is 0 Å². The topological polar surface area (TPSA) is 49.4 Å². The number of benzene rings is 1. The Balaban J connectivity index is 1.43. The monoisotopic (exact) mass is 374 g/mol. The fourth-order valence-corrected chi connectivity index (χ4v) is 4.39. The molecular formula is C22H31FN2O2. The van der Waals surface area contributed by atoms with E-state index < -0.39 is 0 Å². The maximum absolute atomic E-state index is 12.9. The van der Waals surface area contributed by atoms with Gasteiger partial charge in [-0.15, -0.1) is 0 Å². The van der Waals surface area contributed by atoms with Crippen LogP contribution >= 0.6 is 0 Å². The fraction of sp³-hybridized carbons (Fsp3) is 0.636. The summed E-state index contributed by atoms with van der Waals surface area (Å²) in [5.74, 6) is -0.535. The first kappa shape index (κ1) is 20.0. The van der Waals surface area contributed by atoms with Gasteiger partial charge in [-0.2, -0.15) is 0 Å². The highest BCUT2D eigenvalue weighted by Gasteiger charge is 2.27. The molecule has 4 nitrogen and oxygen atoms in total. The molecule has 2 fully saturated rings. The third kappa shape index (κ3) is 6.13. The van der Waals surface area contributed by atoms with Gasteiger partial charge in [0, 0.05) is 37.0 Å². The van der Waals surface area contributed by atoms with Gasteiger partial charge in [-0.3, -0.25) is 14.5 Å². The number of hydrogen-bond donors (Lipinski definition) is 1. The standard InChI is InChI=1S/C22H31FN2O2/c23-18-11-9-17(10-12-18)21(26)13-14-22(27)24-19-6-5-15-25(16-19)20-7-3-1-2-4-8-20/h9-12,19-20H,1-8,13-16H2,(H,24,27). The average molecular weight is 375 g/mol. The van der Waals surface area contributed by atoms with Crippen LogP contribution in [0.4, 0.5) is 4.39 Å². The molecule has 0 spiro atoms. The van der Waals surface area contributed by atoms with Crippen LogP contribution in [0.15, 0.2) is 24.3 Å². The second-order valence-corrected chi connectivity index (χ2v) is 7.98. The first-order chi connectivity index (χ1) is 13.1. The number of ketones is 1. The van der Waals surface area contributed by atoms with Crippen molar-refractivity contribution in [3.05, 3.63) is 35.6 Å². The molecule has 0 radical (unpaired) electrons. The molecule has 1 saturated heterocycles. The van der Waals surface area contributed by atoms with E-state index in [1.54, 1.807) is 0 Å². The Kier molecular flexibility index (Phi) is 7.39. The molecule has 1 saturated carbocycles. The van der Waals surface area contributed by atoms with Crippen LogP contribution in [0.25, 0.3) is 0 Å². The van der Waals surface area contributed by atoms with E-state index in [4.69, 9.17) is 0 Å². The molecule has 2 aliphatic rings. The van der Waals surface area contributed by atoms with Crippen molar-refractivity contribution in [3.63, 3.8) is 0 Å². The number of hydrogen-bond acceptors (Lipinski definition) is 3. The summed E-state index contributed by atoms with van der Waals surface area (Å²) in [4.78, 5) is 27.0. The molecule has 1 aromatic rings.